The highest BCUT2D eigenvalue weighted by Gasteiger charge is 2.29. The van der Waals surface area contributed by atoms with Crippen LogP contribution in [0.4, 0.5) is 10.5 Å². The van der Waals surface area contributed by atoms with Crippen molar-refractivity contribution in [1.29, 1.82) is 0 Å². The van der Waals surface area contributed by atoms with E-state index in [-0.39, 0.29) is 12.1 Å². The smallest absolute Gasteiger partial charge is 0.321 e. The lowest BCUT2D eigenvalue weighted by Gasteiger charge is -2.17. The predicted molar refractivity (Wildman–Crippen MR) is 78.9 cm³/mol. The molecule has 1 aliphatic carbocycles. The number of anilines is 1. The molecule has 108 valence electrons. The maximum Gasteiger partial charge on any atom is 0.321 e. The fourth-order valence-corrected chi connectivity index (χ4v) is 2.44. The van der Waals surface area contributed by atoms with E-state index in [2.05, 4.69) is 5.32 Å². The zero-order valence-corrected chi connectivity index (χ0v) is 12.0. The molecule has 1 N–H and O–H groups in total. The third kappa shape index (κ3) is 3.51. The fourth-order valence-electron chi connectivity index (χ4n) is 2.44. The molecule has 1 aromatic carbocycles. The minimum atomic E-state index is -0.0219. The van der Waals surface area contributed by atoms with Gasteiger partial charge in [-0.3, -0.25) is 0 Å². The normalized spacial score (nSPS) is 22.1. The van der Waals surface area contributed by atoms with E-state index in [0.29, 0.717) is 6.54 Å². The van der Waals surface area contributed by atoms with Crippen molar-refractivity contribution in [2.45, 2.75) is 32.3 Å². The lowest BCUT2D eigenvalue weighted by molar-refractivity contribution is 0.0543. The molecule has 1 aromatic rings. The molecule has 3 rings (SSSR count). The Balaban J connectivity index is 1.46. The first-order chi connectivity index (χ1) is 9.70. The Morgan fingerprint density at radius 2 is 2.05 bits per heavy atom. The van der Waals surface area contributed by atoms with Crippen LogP contribution >= 0.6 is 0 Å². The van der Waals surface area contributed by atoms with Gasteiger partial charge in [-0.25, -0.2) is 4.79 Å². The summed E-state index contributed by atoms with van der Waals surface area (Å²) in [5.41, 5.74) is 2.04. The Hall–Kier alpha value is -1.55. The number of ether oxygens (including phenoxy) is 1. The summed E-state index contributed by atoms with van der Waals surface area (Å²) in [7, 11) is 0. The Bertz CT molecular complexity index is 468. The van der Waals surface area contributed by atoms with Gasteiger partial charge in [0, 0.05) is 25.4 Å². The topological polar surface area (TPSA) is 41.6 Å². The number of nitrogens with one attached hydrogen (secondary N) is 1. The predicted octanol–water partition coefficient (Wildman–Crippen LogP) is 3.03. The molecule has 2 fully saturated rings. The Kier molecular flexibility index (Phi) is 3.92. The van der Waals surface area contributed by atoms with Gasteiger partial charge in [-0.15, -0.1) is 0 Å². The van der Waals surface area contributed by atoms with E-state index in [1.54, 1.807) is 0 Å². The van der Waals surface area contributed by atoms with E-state index in [4.69, 9.17) is 4.74 Å². The van der Waals surface area contributed by atoms with Gasteiger partial charge in [0.15, 0.2) is 0 Å². The van der Waals surface area contributed by atoms with Gasteiger partial charge in [0.05, 0.1) is 6.10 Å². The maximum atomic E-state index is 12.2. The molecule has 1 aliphatic heterocycles. The lowest BCUT2D eigenvalue weighted by atomic mass is 10.2. The monoisotopic (exact) mass is 274 g/mol. The van der Waals surface area contributed by atoms with Crippen LogP contribution in [-0.2, 0) is 4.74 Å². The molecule has 1 unspecified atom stereocenters. The molecule has 1 saturated carbocycles. The molecule has 0 bridgehead atoms. The summed E-state index contributed by atoms with van der Waals surface area (Å²) in [4.78, 5) is 14.0. The number of benzene rings is 1. The first kappa shape index (κ1) is 13.4. The molecule has 1 saturated heterocycles. The molecule has 4 nitrogen and oxygen atoms in total. The number of carbonyl (C=O) groups is 1. The molecule has 4 heteroatoms. The third-order valence-corrected chi connectivity index (χ3v) is 4.00. The minimum absolute atomic E-state index is 0.0219. The first-order valence-corrected chi connectivity index (χ1v) is 7.45. The van der Waals surface area contributed by atoms with E-state index in [1.165, 1.54) is 18.4 Å². The molecule has 0 radical (unpaired) electrons. The van der Waals surface area contributed by atoms with Crippen molar-refractivity contribution in [3.8, 4) is 0 Å². The van der Waals surface area contributed by atoms with Gasteiger partial charge in [-0.2, -0.15) is 0 Å². The zero-order chi connectivity index (χ0) is 13.9. The van der Waals surface area contributed by atoms with Gasteiger partial charge >= 0.3 is 6.03 Å². The number of hydrogen-bond acceptors (Lipinski definition) is 2. The van der Waals surface area contributed by atoms with Crippen LogP contribution in [0.15, 0.2) is 24.3 Å². The van der Waals surface area contributed by atoms with Crippen LogP contribution in [0.2, 0.25) is 0 Å². The lowest BCUT2D eigenvalue weighted by Crippen LogP contribution is -2.34. The van der Waals surface area contributed by atoms with Crippen molar-refractivity contribution in [3.63, 3.8) is 0 Å². The first-order valence-electron chi connectivity index (χ1n) is 7.45. The third-order valence-electron chi connectivity index (χ3n) is 4.00. The summed E-state index contributed by atoms with van der Waals surface area (Å²) in [6.45, 7) is 4.41. The van der Waals surface area contributed by atoms with Crippen LogP contribution in [0, 0.1) is 12.8 Å². The molecule has 20 heavy (non-hydrogen) atoms. The second-order valence-corrected chi connectivity index (χ2v) is 5.93. The molecule has 0 aromatic heterocycles. The Morgan fingerprint density at radius 1 is 1.30 bits per heavy atom. The van der Waals surface area contributed by atoms with E-state index < -0.39 is 0 Å². The summed E-state index contributed by atoms with van der Waals surface area (Å²) < 4.78 is 5.85. The van der Waals surface area contributed by atoms with Crippen LogP contribution in [0.1, 0.15) is 24.8 Å². The van der Waals surface area contributed by atoms with E-state index in [9.17, 15) is 4.79 Å². The largest absolute Gasteiger partial charge is 0.376 e. The average Bonchev–Trinajstić information content (AvgIpc) is 3.15. The van der Waals surface area contributed by atoms with Crippen molar-refractivity contribution < 1.29 is 9.53 Å². The highest BCUT2D eigenvalue weighted by molar-refractivity contribution is 5.89. The Morgan fingerprint density at radius 3 is 2.75 bits per heavy atom. The standard InChI is InChI=1S/C16H22N2O2/c1-12-2-6-14(7-3-12)17-16(19)18-9-8-15(10-18)20-11-13-4-5-13/h2-3,6-7,13,15H,4-5,8-11H2,1H3,(H,17,19). The number of aryl methyl sites for hydroxylation is 1. The number of likely N-dealkylation sites (tertiary alicyclic amines) is 1. The Labute approximate surface area is 120 Å². The van der Waals surface area contributed by atoms with Crippen molar-refractivity contribution in [2.75, 3.05) is 25.0 Å². The van der Waals surface area contributed by atoms with Gasteiger partial charge in [-0.05, 0) is 44.2 Å². The van der Waals surface area contributed by atoms with Crippen LogP contribution in [0.25, 0.3) is 0 Å². The van der Waals surface area contributed by atoms with E-state index in [0.717, 1.165) is 31.2 Å². The number of nitrogens with zero attached hydrogens (tertiary/aromatic N) is 1. The van der Waals surface area contributed by atoms with Crippen molar-refractivity contribution in [1.82, 2.24) is 4.90 Å². The van der Waals surface area contributed by atoms with Gasteiger partial charge in [0.25, 0.3) is 0 Å². The van der Waals surface area contributed by atoms with E-state index >= 15 is 0 Å². The highest BCUT2D eigenvalue weighted by Crippen LogP contribution is 2.30. The fraction of sp³-hybridized carbons (Fsp3) is 0.562. The van der Waals surface area contributed by atoms with Gasteiger partial charge < -0.3 is 15.0 Å². The van der Waals surface area contributed by atoms with Crippen molar-refractivity contribution in [3.05, 3.63) is 29.8 Å². The molecule has 2 aliphatic rings. The molecule has 0 spiro atoms. The summed E-state index contributed by atoms with van der Waals surface area (Å²) in [5, 5.41) is 2.94. The average molecular weight is 274 g/mol. The summed E-state index contributed by atoms with van der Waals surface area (Å²) in [5.74, 6) is 0.783. The van der Waals surface area contributed by atoms with Crippen LogP contribution in [0.3, 0.4) is 0 Å². The summed E-state index contributed by atoms with van der Waals surface area (Å²) >= 11 is 0. The number of carbonyl (C=O) groups excluding carboxylic acids is 1. The van der Waals surface area contributed by atoms with Gasteiger partial charge in [0.2, 0.25) is 0 Å². The SMILES string of the molecule is Cc1ccc(NC(=O)N2CCC(OCC3CC3)C2)cc1. The zero-order valence-electron chi connectivity index (χ0n) is 12.0. The van der Waals surface area contributed by atoms with Crippen LogP contribution < -0.4 is 5.32 Å². The van der Waals surface area contributed by atoms with Crippen LogP contribution in [-0.4, -0.2) is 36.7 Å². The van der Waals surface area contributed by atoms with Gasteiger partial charge in [0.1, 0.15) is 0 Å². The van der Waals surface area contributed by atoms with Gasteiger partial charge in [-0.1, -0.05) is 17.7 Å². The molecular formula is C16H22N2O2. The molecular weight excluding hydrogens is 252 g/mol. The van der Waals surface area contributed by atoms with Crippen molar-refractivity contribution in [2.24, 2.45) is 5.92 Å². The minimum Gasteiger partial charge on any atom is -0.376 e. The second-order valence-electron chi connectivity index (χ2n) is 5.93. The maximum absolute atomic E-state index is 12.2. The number of amides is 2. The summed E-state index contributed by atoms with van der Waals surface area (Å²) in [6, 6.07) is 7.85. The number of urea groups is 1. The molecule has 1 heterocycles. The number of hydrogen-bond donors (Lipinski definition) is 1. The molecule has 2 amide bonds. The van der Waals surface area contributed by atoms with Crippen molar-refractivity contribution >= 4 is 11.7 Å². The quantitative estimate of drug-likeness (QED) is 0.917. The molecule has 1 atom stereocenters. The number of rotatable bonds is 4. The van der Waals surface area contributed by atoms with Crippen LogP contribution in [0.5, 0.6) is 0 Å². The van der Waals surface area contributed by atoms with E-state index in [1.807, 2.05) is 36.1 Å². The summed E-state index contributed by atoms with van der Waals surface area (Å²) in [6.07, 6.45) is 3.79. The second kappa shape index (κ2) is 5.83. The highest BCUT2D eigenvalue weighted by atomic mass is 16.5.